The Bertz CT molecular complexity index is 4030. The number of anilines is 6. The van der Waals surface area contributed by atoms with E-state index >= 15 is 0 Å². The molecule has 10 aromatic carbocycles. The summed E-state index contributed by atoms with van der Waals surface area (Å²) in [5.74, 6) is 0. The Kier molecular flexibility index (Phi) is 7.09. The normalized spacial score (nSPS) is 15.4. The summed E-state index contributed by atoms with van der Waals surface area (Å²) in [4.78, 5) is 3.59. The predicted octanol–water partition coefficient (Wildman–Crippen LogP) is 17.9. The van der Waals surface area contributed by atoms with Crippen LogP contribution in [-0.2, 0) is 16.2 Å². The van der Waals surface area contributed by atoms with Crippen molar-refractivity contribution in [3.63, 3.8) is 0 Å². The van der Waals surface area contributed by atoms with Gasteiger partial charge in [-0.15, -0.1) is 0 Å². The van der Waals surface area contributed by atoms with Crippen LogP contribution in [0.3, 0.4) is 0 Å². The molecule has 0 radical (unpaired) electrons. The molecule has 2 heteroatoms. The van der Waals surface area contributed by atoms with Gasteiger partial charge < -0.3 is 9.80 Å². The molecule has 67 heavy (non-hydrogen) atoms. The first-order chi connectivity index (χ1) is 36.7. The van der Waals surface area contributed by atoms with E-state index in [-0.39, 0.29) is 46.4 Å². The zero-order valence-corrected chi connectivity index (χ0v) is 38.4. The van der Waals surface area contributed by atoms with Crippen molar-refractivity contribution in [2.45, 2.75) is 57.8 Å². The molecule has 2 nitrogen and oxygen atoms in total. The smallest absolute Gasteiger partial charge is 0.0732 e. The van der Waals surface area contributed by atoms with Crippen LogP contribution in [0.25, 0.3) is 43.8 Å². The van der Waals surface area contributed by atoms with Crippen LogP contribution in [0.4, 0.5) is 34.1 Å². The van der Waals surface area contributed by atoms with E-state index in [2.05, 4.69) is 126 Å². The fourth-order valence-corrected chi connectivity index (χ4v) is 10.9. The Morgan fingerprint density at radius 1 is 0.358 bits per heavy atom. The molecule has 0 aromatic heterocycles. The van der Waals surface area contributed by atoms with Gasteiger partial charge in [0.1, 0.15) is 0 Å². The molecule has 0 amide bonds. The van der Waals surface area contributed by atoms with E-state index in [1.807, 2.05) is 72.8 Å². The van der Waals surface area contributed by atoms with E-state index in [0.717, 1.165) is 77.2 Å². The Hall–Kier alpha value is -7.68. The predicted molar refractivity (Wildman–Crippen MR) is 285 cm³/mol. The van der Waals surface area contributed by atoms with Crippen LogP contribution >= 0.6 is 0 Å². The van der Waals surface area contributed by atoms with Gasteiger partial charge in [0, 0.05) is 34.1 Å². The maximum Gasteiger partial charge on any atom is 0.0732 e. The van der Waals surface area contributed by atoms with Gasteiger partial charge in [-0.05, 0) is 161 Å². The summed E-state index contributed by atoms with van der Waals surface area (Å²) < 4.78 is 89.8. The highest BCUT2D eigenvalue weighted by atomic mass is 15.1. The SMILES string of the molecule is [2H]c1c([2H])c([2H])c(N(c2ccc(C(C)(C)C)cc2)c2ccc3c(c2)C2(c4ccccc4-c4ccccc42)c2c-3c3ccccc3c3cc(N(c4ccc(C(C)(C)C)cc4)c4c([2H])c([2H])c([2H])c([2H])c4[2H])ccc23)c([2H])c1[2H]. The highest BCUT2D eigenvalue weighted by Gasteiger charge is 2.53. The highest BCUT2D eigenvalue weighted by molar-refractivity contribution is 6.20. The molecule has 2 aliphatic carbocycles. The number of hydrogen-bond donors (Lipinski definition) is 0. The molecule has 2 aliphatic rings. The first kappa shape index (κ1) is 31.3. The monoisotopic (exact) mass is 872 g/mol. The van der Waals surface area contributed by atoms with Gasteiger partial charge >= 0.3 is 0 Å². The summed E-state index contributed by atoms with van der Waals surface area (Å²) in [6.45, 7) is 12.8. The third-order valence-corrected chi connectivity index (χ3v) is 13.9. The third-order valence-electron chi connectivity index (χ3n) is 13.9. The van der Waals surface area contributed by atoms with Crippen molar-refractivity contribution >= 4 is 55.7 Å². The maximum absolute atomic E-state index is 9.38. The summed E-state index contributed by atoms with van der Waals surface area (Å²) in [6.07, 6.45) is 0. The first-order valence-electron chi connectivity index (χ1n) is 27.9. The molecule has 1 spiro atoms. The second-order valence-electron chi connectivity index (χ2n) is 19.8. The molecular weight excluding hydrogens is 809 g/mol. The van der Waals surface area contributed by atoms with Crippen LogP contribution in [0.1, 0.15) is 88.6 Å². The second kappa shape index (κ2) is 15.2. The topological polar surface area (TPSA) is 6.48 Å². The zero-order chi connectivity index (χ0) is 54.4. The number of rotatable bonds is 6. The Morgan fingerprint density at radius 2 is 0.806 bits per heavy atom. The Balaban J connectivity index is 1.18. The molecule has 0 saturated carbocycles. The van der Waals surface area contributed by atoms with Crippen molar-refractivity contribution in [2.24, 2.45) is 0 Å². The van der Waals surface area contributed by atoms with Crippen molar-refractivity contribution in [3.8, 4) is 22.3 Å². The average molecular weight is 873 g/mol. The molecule has 0 aliphatic heterocycles. The van der Waals surface area contributed by atoms with E-state index in [4.69, 9.17) is 8.22 Å². The van der Waals surface area contributed by atoms with Crippen molar-refractivity contribution in [1.29, 1.82) is 0 Å². The number of benzene rings is 10. The van der Waals surface area contributed by atoms with Gasteiger partial charge in [0.15, 0.2) is 0 Å². The fraction of sp³-hybridized carbons (Fsp3) is 0.138. The first-order valence-corrected chi connectivity index (χ1v) is 22.9. The minimum Gasteiger partial charge on any atom is -0.310 e. The van der Waals surface area contributed by atoms with Crippen molar-refractivity contribution < 1.29 is 13.7 Å². The Labute approximate surface area is 409 Å². The number of fused-ring (bicyclic) bond motifs is 15. The van der Waals surface area contributed by atoms with Gasteiger partial charge in [-0.1, -0.05) is 187 Å². The molecule has 0 N–H and O–H groups in total. The lowest BCUT2D eigenvalue weighted by Crippen LogP contribution is -2.26. The summed E-state index contributed by atoms with van der Waals surface area (Å²) in [5.41, 5.74) is 11.8. The van der Waals surface area contributed by atoms with E-state index < -0.39 is 41.7 Å². The van der Waals surface area contributed by atoms with Crippen LogP contribution in [0.5, 0.6) is 0 Å². The lowest BCUT2D eigenvalue weighted by atomic mass is 9.69. The Morgan fingerprint density at radius 3 is 1.33 bits per heavy atom. The molecule has 0 unspecified atom stereocenters. The van der Waals surface area contributed by atoms with Gasteiger partial charge in [-0.25, -0.2) is 0 Å². The molecule has 0 heterocycles. The minimum atomic E-state index is -0.950. The molecule has 0 saturated heterocycles. The molecule has 10 aromatic rings. The maximum atomic E-state index is 9.38. The molecular formula is C65H54N2. The fourth-order valence-electron chi connectivity index (χ4n) is 10.9. The molecule has 324 valence electrons. The lowest BCUT2D eigenvalue weighted by molar-refractivity contribution is 0.590. The van der Waals surface area contributed by atoms with Crippen LogP contribution in [0, 0.1) is 0 Å². The number of nitrogens with zero attached hydrogens (tertiary/aromatic N) is 2. The molecule has 0 atom stereocenters. The van der Waals surface area contributed by atoms with Crippen LogP contribution in [-0.4, -0.2) is 0 Å². The highest BCUT2D eigenvalue weighted by Crippen LogP contribution is 2.66. The largest absolute Gasteiger partial charge is 0.310 e. The third kappa shape index (κ3) is 6.30. The lowest BCUT2D eigenvalue weighted by Gasteiger charge is -2.33. The minimum absolute atomic E-state index is 0.0380. The number of hydrogen-bond acceptors (Lipinski definition) is 2. The van der Waals surface area contributed by atoms with Crippen LogP contribution < -0.4 is 9.80 Å². The van der Waals surface area contributed by atoms with E-state index in [1.165, 1.54) is 0 Å². The van der Waals surface area contributed by atoms with E-state index in [0.29, 0.717) is 22.7 Å². The van der Waals surface area contributed by atoms with Gasteiger partial charge in [0.2, 0.25) is 0 Å². The molecule has 0 fully saturated rings. The van der Waals surface area contributed by atoms with Gasteiger partial charge in [-0.2, -0.15) is 0 Å². The number of para-hydroxylation sites is 2. The van der Waals surface area contributed by atoms with Crippen molar-refractivity contribution in [2.75, 3.05) is 9.80 Å². The molecule has 12 rings (SSSR count). The van der Waals surface area contributed by atoms with Gasteiger partial charge in [0.05, 0.1) is 19.1 Å². The van der Waals surface area contributed by atoms with Crippen LogP contribution in [0.2, 0.25) is 0 Å². The van der Waals surface area contributed by atoms with Gasteiger partial charge in [-0.3, -0.25) is 0 Å². The average Bonchev–Trinajstić information content (AvgIpc) is 2.83. The summed E-state index contributed by atoms with van der Waals surface area (Å²) in [5, 5.41) is 3.80. The van der Waals surface area contributed by atoms with Crippen molar-refractivity contribution in [1.82, 2.24) is 0 Å². The zero-order valence-electron chi connectivity index (χ0n) is 48.4. The van der Waals surface area contributed by atoms with Crippen LogP contribution in [0.15, 0.2) is 218 Å². The summed E-state index contributed by atoms with van der Waals surface area (Å²) in [7, 11) is 0. The quantitative estimate of drug-likeness (QED) is 0.154. The van der Waals surface area contributed by atoms with Gasteiger partial charge in [0.25, 0.3) is 0 Å². The van der Waals surface area contributed by atoms with E-state index in [9.17, 15) is 5.48 Å². The standard InChI is InChI=1S/C65H54N2/c1-63(2,3)43-29-33-47(34-30-43)66(45-19-9-7-10-20-45)49-37-39-55-57(41-49)51-23-13-14-26-54(51)61-56-40-38-50(67(46-21-11-8-12-22-46)48-35-31-44(32-36-48)64(4,5)6)42-60(56)65(62(55)61)58-27-17-15-24-52(58)53-25-16-18-28-59(53)65/h7-42H,1-6H3/i7D,8D,9D,10D,11D,12D,19D,20D,21D,22D. The summed E-state index contributed by atoms with van der Waals surface area (Å²) >= 11 is 0. The summed E-state index contributed by atoms with van der Waals surface area (Å²) in [6, 6.07) is 49.9. The van der Waals surface area contributed by atoms with Crippen molar-refractivity contribution in [3.05, 3.63) is 252 Å². The second-order valence-corrected chi connectivity index (χ2v) is 19.8. The molecule has 0 bridgehead atoms. The van der Waals surface area contributed by atoms with E-state index in [1.54, 1.807) is 9.80 Å².